The molecular weight excluding hydrogens is 281 g/mol. The van der Waals surface area contributed by atoms with E-state index in [0.717, 1.165) is 4.52 Å². The monoisotopic (exact) mass is 283 g/mol. The Morgan fingerprint density at radius 2 is 1.84 bits per heavy atom. The fraction of sp³-hybridized carbons (Fsp3) is 0. The number of fused-ring (bicyclic) bond motifs is 1. The van der Waals surface area contributed by atoms with Crippen LogP contribution in [0.4, 0.5) is 13.2 Å². The lowest BCUT2D eigenvalue weighted by Gasteiger charge is -2.06. The molecule has 3 rings (SSSR count). The summed E-state index contributed by atoms with van der Waals surface area (Å²) >= 11 is 5.83. The average molecular weight is 284 g/mol. The van der Waals surface area contributed by atoms with Crippen LogP contribution in [0.15, 0.2) is 18.5 Å². The standard InChI is InChI=1S/C11H3ClF3N4/c12-10-6(3-19-11(18-10)16-4-17-19)9-7(14)1-5(13)2-8(9)15/h1-2,4H. The molecule has 1 radical (unpaired) electrons. The van der Waals surface area contributed by atoms with E-state index < -0.39 is 23.0 Å². The van der Waals surface area contributed by atoms with E-state index in [9.17, 15) is 13.2 Å². The van der Waals surface area contributed by atoms with Gasteiger partial charge >= 0.3 is 0 Å². The lowest BCUT2D eigenvalue weighted by Crippen LogP contribution is -1.99. The van der Waals surface area contributed by atoms with Gasteiger partial charge in [-0.05, 0) is 0 Å². The second-order valence-corrected chi connectivity index (χ2v) is 3.96. The average Bonchev–Trinajstić information content (AvgIpc) is 2.74. The molecule has 0 N–H and O–H groups in total. The van der Waals surface area contributed by atoms with Crippen molar-refractivity contribution in [3.8, 4) is 11.1 Å². The second kappa shape index (κ2) is 4.20. The largest absolute Gasteiger partial charge is 0.254 e. The maximum Gasteiger partial charge on any atom is 0.254 e. The van der Waals surface area contributed by atoms with Gasteiger partial charge in [-0.1, -0.05) is 11.6 Å². The van der Waals surface area contributed by atoms with Gasteiger partial charge in [-0.15, -0.1) is 0 Å². The van der Waals surface area contributed by atoms with Gasteiger partial charge in [0.15, 0.2) is 0 Å². The zero-order valence-corrected chi connectivity index (χ0v) is 9.79. The van der Waals surface area contributed by atoms with E-state index in [2.05, 4.69) is 21.3 Å². The number of rotatable bonds is 1. The lowest BCUT2D eigenvalue weighted by atomic mass is 10.1. The van der Waals surface area contributed by atoms with Gasteiger partial charge in [0, 0.05) is 12.1 Å². The summed E-state index contributed by atoms with van der Waals surface area (Å²) in [5, 5.41) is 3.53. The first-order chi connectivity index (χ1) is 9.06. The van der Waals surface area contributed by atoms with Gasteiger partial charge in [0.1, 0.15) is 35.1 Å². The van der Waals surface area contributed by atoms with E-state index in [0.29, 0.717) is 12.1 Å². The van der Waals surface area contributed by atoms with Crippen molar-refractivity contribution in [2.45, 2.75) is 0 Å². The van der Waals surface area contributed by atoms with Gasteiger partial charge in [-0.25, -0.2) is 13.2 Å². The van der Waals surface area contributed by atoms with E-state index in [1.165, 1.54) is 6.33 Å². The third kappa shape index (κ3) is 1.91. The first kappa shape index (κ1) is 11.9. The van der Waals surface area contributed by atoms with E-state index in [1.54, 1.807) is 0 Å². The summed E-state index contributed by atoms with van der Waals surface area (Å²) in [7, 11) is 0. The minimum Gasteiger partial charge on any atom is -0.207 e. The van der Waals surface area contributed by atoms with E-state index in [4.69, 9.17) is 11.6 Å². The Bertz CT molecular complexity index is 764. The third-order valence-corrected chi connectivity index (χ3v) is 2.68. The summed E-state index contributed by atoms with van der Waals surface area (Å²) in [6.07, 6.45) is 3.73. The van der Waals surface area contributed by atoms with Crippen molar-refractivity contribution in [3.63, 3.8) is 0 Å². The van der Waals surface area contributed by atoms with Crippen LogP contribution in [0.2, 0.25) is 5.15 Å². The highest BCUT2D eigenvalue weighted by atomic mass is 35.5. The van der Waals surface area contributed by atoms with Crippen LogP contribution in [0.3, 0.4) is 0 Å². The summed E-state index contributed by atoms with van der Waals surface area (Å²) in [5.74, 6) is -3.09. The first-order valence-corrected chi connectivity index (χ1v) is 5.37. The molecule has 0 saturated heterocycles. The van der Waals surface area contributed by atoms with E-state index in [-0.39, 0.29) is 16.5 Å². The minimum atomic E-state index is -1.10. The fourth-order valence-electron chi connectivity index (χ4n) is 1.63. The first-order valence-electron chi connectivity index (χ1n) is 5.00. The van der Waals surface area contributed by atoms with Gasteiger partial charge in [0.2, 0.25) is 0 Å². The molecule has 95 valence electrons. The smallest absolute Gasteiger partial charge is 0.207 e. The fourth-order valence-corrected chi connectivity index (χ4v) is 1.84. The summed E-state index contributed by atoms with van der Waals surface area (Å²) in [5.41, 5.74) is -0.675. The third-order valence-electron chi connectivity index (χ3n) is 2.41. The van der Waals surface area contributed by atoms with Crippen molar-refractivity contribution in [1.29, 1.82) is 0 Å². The van der Waals surface area contributed by atoms with Crippen LogP contribution in [0.25, 0.3) is 16.9 Å². The van der Waals surface area contributed by atoms with Gasteiger partial charge in [0.25, 0.3) is 5.78 Å². The van der Waals surface area contributed by atoms with Crippen LogP contribution in [0, 0.1) is 23.6 Å². The van der Waals surface area contributed by atoms with Crippen LogP contribution < -0.4 is 0 Å². The topological polar surface area (TPSA) is 43.1 Å². The van der Waals surface area contributed by atoms with E-state index in [1.807, 2.05) is 0 Å². The molecule has 3 aromatic rings. The van der Waals surface area contributed by atoms with Gasteiger partial charge in [-0.2, -0.15) is 19.6 Å². The number of hydrogen-bond donors (Lipinski definition) is 0. The van der Waals surface area contributed by atoms with Crippen LogP contribution in [-0.4, -0.2) is 19.6 Å². The molecule has 0 spiro atoms. The second-order valence-electron chi connectivity index (χ2n) is 3.61. The molecule has 0 aliphatic rings. The Hall–Kier alpha value is -2.15. The molecule has 0 saturated carbocycles. The molecule has 0 bridgehead atoms. The Balaban J connectivity index is 2.32. The molecule has 0 unspecified atom stereocenters. The highest BCUT2D eigenvalue weighted by molar-refractivity contribution is 6.32. The summed E-state index contributed by atoms with van der Waals surface area (Å²) < 4.78 is 41.3. The zero-order valence-electron chi connectivity index (χ0n) is 9.03. The van der Waals surface area contributed by atoms with Gasteiger partial charge in [0.05, 0.1) is 11.1 Å². The normalized spacial score (nSPS) is 11.2. The molecular formula is C11H3ClF3N4. The molecule has 8 heteroatoms. The summed E-state index contributed by atoms with van der Waals surface area (Å²) in [6.45, 7) is 0. The maximum atomic E-state index is 13.7. The molecule has 0 atom stereocenters. The molecule has 0 fully saturated rings. The Morgan fingerprint density at radius 3 is 2.53 bits per heavy atom. The Kier molecular flexibility index (Phi) is 2.63. The van der Waals surface area contributed by atoms with Crippen LogP contribution in [0.1, 0.15) is 0 Å². The minimum absolute atomic E-state index is 0.136. The highest BCUT2D eigenvalue weighted by Crippen LogP contribution is 2.31. The van der Waals surface area contributed by atoms with Crippen molar-refractivity contribution in [3.05, 3.63) is 47.3 Å². The van der Waals surface area contributed by atoms with Crippen LogP contribution in [-0.2, 0) is 0 Å². The van der Waals surface area contributed by atoms with Crippen LogP contribution in [0.5, 0.6) is 0 Å². The molecule has 2 heterocycles. The van der Waals surface area contributed by atoms with Crippen molar-refractivity contribution in [2.75, 3.05) is 0 Å². The van der Waals surface area contributed by atoms with Gasteiger partial charge in [-0.3, -0.25) is 0 Å². The number of benzene rings is 1. The molecule has 0 aliphatic carbocycles. The summed E-state index contributed by atoms with van der Waals surface area (Å²) in [6, 6.07) is 1.10. The molecule has 0 amide bonds. The molecule has 2 aromatic heterocycles. The number of hydrogen-bond acceptors (Lipinski definition) is 3. The summed E-state index contributed by atoms with van der Waals surface area (Å²) in [4.78, 5) is 7.56. The molecule has 4 nitrogen and oxygen atoms in total. The zero-order chi connectivity index (χ0) is 13.6. The Morgan fingerprint density at radius 1 is 1.16 bits per heavy atom. The number of halogens is 4. The molecule has 1 aromatic carbocycles. The lowest BCUT2D eigenvalue weighted by molar-refractivity contribution is 0.547. The SMILES string of the molecule is Fc1cc(F)c(-c2[c]n3ncnc3nc2Cl)c(F)c1. The predicted molar refractivity (Wildman–Crippen MR) is 59.9 cm³/mol. The predicted octanol–water partition coefficient (Wildman–Crippen LogP) is 2.66. The number of nitrogens with zero attached hydrogens (tertiary/aromatic N) is 4. The number of aromatic nitrogens is 4. The Labute approximate surface area is 109 Å². The quantitative estimate of drug-likeness (QED) is 0.645. The van der Waals surface area contributed by atoms with Crippen molar-refractivity contribution >= 4 is 17.4 Å². The molecule has 19 heavy (non-hydrogen) atoms. The van der Waals surface area contributed by atoms with Crippen molar-refractivity contribution in [1.82, 2.24) is 19.6 Å². The van der Waals surface area contributed by atoms with E-state index >= 15 is 0 Å². The highest BCUT2D eigenvalue weighted by Gasteiger charge is 2.19. The molecule has 0 aliphatic heterocycles. The van der Waals surface area contributed by atoms with Crippen molar-refractivity contribution in [2.24, 2.45) is 0 Å². The maximum absolute atomic E-state index is 13.7. The van der Waals surface area contributed by atoms with Crippen molar-refractivity contribution < 1.29 is 13.2 Å². The van der Waals surface area contributed by atoms with Gasteiger partial charge < -0.3 is 0 Å². The van der Waals surface area contributed by atoms with Crippen LogP contribution >= 0.6 is 11.6 Å².